The molecule has 0 saturated heterocycles. The molecule has 5 nitrogen and oxygen atoms in total. The molecule has 0 saturated carbocycles. The molecule has 0 aliphatic carbocycles. The number of carbonyl (C=O) groups excluding carboxylic acids is 2. The highest BCUT2D eigenvalue weighted by Crippen LogP contribution is 2.36. The maximum atomic E-state index is 12.6. The van der Waals surface area contributed by atoms with Gasteiger partial charge in [0.15, 0.2) is 0 Å². The molecule has 0 bridgehead atoms. The molecule has 3 aromatic rings. The lowest BCUT2D eigenvalue weighted by Gasteiger charge is -2.10. The molecule has 1 heterocycles. The van der Waals surface area contributed by atoms with Gasteiger partial charge in [0.1, 0.15) is 16.3 Å². The second-order valence-corrected chi connectivity index (χ2v) is 8.79. The molecule has 0 fully saturated rings. The van der Waals surface area contributed by atoms with Gasteiger partial charge in [0.25, 0.3) is 0 Å². The number of halogens is 1. The average molecular weight is 516 g/mol. The number of hydrogen-bond acceptors (Lipinski definition) is 5. The van der Waals surface area contributed by atoms with Crippen LogP contribution >= 0.6 is 27.3 Å². The van der Waals surface area contributed by atoms with Crippen molar-refractivity contribution in [2.24, 2.45) is 0 Å². The van der Waals surface area contributed by atoms with E-state index in [-0.39, 0.29) is 18.9 Å². The highest BCUT2D eigenvalue weighted by Gasteiger charge is 2.22. The van der Waals surface area contributed by atoms with E-state index in [4.69, 9.17) is 9.47 Å². The van der Waals surface area contributed by atoms with Crippen molar-refractivity contribution < 1.29 is 19.1 Å². The topological polar surface area (TPSA) is 64.6 Å². The minimum absolute atomic E-state index is 0.166. The first-order valence-electron chi connectivity index (χ1n) is 10.6. The lowest BCUT2D eigenvalue weighted by Crippen LogP contribution is -2.15. The van der Waals surface area contributed by atoms with Crippen LogP contribution in [0.1, 0.15) is 42.6 Å². The van der Waals surface area contributed by atoms with Crippen LogP contribution < -0.4 is 10.1 Å². The van der Waals surface area contributed by atoms with E-state index in [0.717, 1.165) is 27.8 Å². The summed E-state index contributed by atoms with van der Waals surface area (Å²) in [5, 5.41) is 5.26. The van der Waals surface area contributed by atoms with E-state index in [0.29, 0.717) is 23.6 Å². The molecule has 168 valence electrons. The summed E-state index contributed by atoms with van der Waals surface area (Å²) in [4.78, 5) is 25.1. The SMILES string of the molecule is CCOC(=O)c1c(-c2ccccc2)csc1NC(=O)CCCOc1ccc(CC)cc1Br. The number of carbonyl (C=O) groups is 2. The average Bonchev–Trinajstić information content (AvgIpc) is 3.21. The second-order valence-electron chi connectivity index (χ2n) is 7.06. The van der Waals surface area contributed by atoms with Crippen molar-refractivity contribution in [1.82, 2.24) is 0 Å². The molecule has 0 spiro atoms. The number of esters is 1. The summed E-state index contributed by atoms with van der Waals surface area (Å²) in [5.74, 6) is 0.158. The molecule has 0 radical (unpaired) electrons. The Labute approximate surface area is 200 Å². The number of nitrogens with one attached hydrogen (secondary N) is 1. The first-order valence-corrected chi connectivity index (χ1v) is 12.3. The predicted octanol–water partition coefficient (Wildman–Crippen LogP) is 6.71. The fourth-order valence-electron chi connectivity index (χ4n) is 3.17. The minimum Gasteiger partial charge on any atom is -0.492 e. The van der Waals surface area contributed by atoms with Crippen LogP contribution in [-0.2, 0) is 16.0 Å². The van der Waals surface area contributed by atoms with Crippen LogP contribution in [0.4, 0.5) is 5.00 Å². The van der Waals surface area contributed by atoms with Crippen molar-refractivity contribution in [3.05, 3.63) is 69.5 Å². The quantitative estimate of drug-likeness (QED) is 0.240. The molecule has 32 heavy (non-hydrogen) atoms. The summed E-state index contributed by atoms with van der Waals surface area (Å²) in [6, 6.07) is 15.6. The fraction of sp³-hybridized carbons (Fsp3) is 0.280. The number of benzene rings is 2. The lowest BCUT2D eigenvalue weighted by molar-refractivity contribution is -0.116. The van der Waals surface area contributed by atoms with Crippen molar-refractivity contribution in [1.29, 1.82) is 0 Å². The van der Waals surface area contributed by atoms with E-state index >= 15 is 0 Å². The zero-order valence-electron chi connectivity index (χ0n) is 18.2. The minimum atomic E-state index is -0.438. The summed E-state index contributed by atoms with van der Waals surface area (Å²) < 4.78 is 11.9. The number of aryl methyl sites for hydroxylation is 1. The van der Waals surface area contributed by atoms with Crippen LogP contribution in [0.25, 0.3) is 11.1 Å². The zero-order chi connectivity index (χ0) is 22.9. The Hall–Kier alpha value is -2.64. The summed E-state index contributed by atoms with van der Waals surface area (Å²) in [6.45, 7) is 4.55. The fourth-order valence-corrected chi connectivity index (χ4v) is 4.69. The highest BCUT2D eigenvalue weighted by atomic mass is 79.9. The highest BCUT2D eigenvalue weighted by molar-refractivity contribution is 9.10. The molecule has 0 unspecified atom stereocenters. The number of thiophene rings is 1. The number of amides is 1. The van der Waals surface area contributed by atoms with Crippen LogP contribution in [-0.4, -0.2) is 25.1 Å². The largest absolute Gasteiger partial charge is 0.492 e. The second kappa shape index (κ2) is 11.8. The van der Waals surface area contributed by atoms with Crippen molar-refractivity contribution >= 4 is 44.1 Å². The van der Waals surface area contributed by atoms with Gasteiger partial charge in [-0.25, -0.2) is 4.79 Å². The molecule has 0 aliphatic rings. The molecule has 0 aliphatic heterocycles. The molecule has 1 amide bonds. The summed E-state index contributed by atoms with van der Waals surface area (Å²) in [5.41, 5.74) is 3.29. The van der Waals surface area contributed by atoms with Gasteiger partial charge in [0.05, 0.1) is 17.7 Å². The Morgan fingerprint density at radius 2 is 1.88 bits per heavy atom. The van der Waals surface area contributed by atoms with Gasteiger partial charge >= 0.3 is 5.97 Å². The van der Waals surface area contributed by atoms with E-state index in [2.05, 4.69) is 28.2 Å². The van der Waals surface area contributed by atoms with Crippen LogP contribution in [0.5, 0.6) is 5.75 Å². The Morgan fingerprint density at radius 3 is 2.56 bits per heavy atom. The number of hydrogen-bond donors (Lipinski definition) is 1. The van der Waals surface area contributed by atoms with Gasteiger partial charge in [-0.2, -0.15) is 0 Å². The first kappa shape index (κ1) is 24.0. The Balaban J connectivity index is 1.61. The van der Waals surface area contributed by atoms with Crippen molar-refractivity contribution in [3.63, 3.8) is 0 Å². The van der Waals surface area contributed by atoms with Gasteiger partial charge in [-0.1, -0.05) is 43.3 Å². The monoisotopic (exact) mass is 515 g/mol. The third kappa shape index (κ3) is 6.20. The molecular weight excluding hydrogens is 490 g/mol. The van der Waals surface area contributed by atoms with Gasteiger partial charge in [-0.05, 0) is 59.0 Å². The van der Waals surface area contributed by atoms with E-state index in [1.54, 1.807) is 6.92 Å². The summed E-state index contributed by atoms with van der Waals surface area (Å²) >= 11 is 4.85. The Bertz CT molecular complexity index is 1070. The molecule has 3 rings (SSSR count). The molecule has 1 N–H and O–H groups in total. The van der Waals surface area contributed by atoms with E-state index in [1.807, 2.05) is 53.9 Å². The molecule has 1 aromatic heterocycles. The molecule has 2 aromatic carbocycles. The zero-order valence-corrected chi connectivity index (χ0v) is 20.6. The molecular formula is C25H26BrNO4S. The smallest absolute Gasteiger partial charge is 0.341 e. The molecule has 0 atom stereocenters. The summed E-state index contributed by atoms with van der Waals surface area (Å²) in [7, 11) is 0. The Kier molecular flexibility index (Phi) is 8.88. The van der Waals surface area contributed by atoms with Crippen LogP contribution in [0.3, 0.4) is 0 Å². The maximum Gasteiger partial charge on any atom is 0.341 e. The normalized spacial score (nSPS) is 10.6. The third-order valence-electron chi connectivity index (χ3n) is 4.82. The van der Waals surface area contributed by atoms with Gasteiger partial charge in [-0.3, -0.25) is 4.79 Å². The van der Waals surface area contributed by atoms with E-state index in [1.165, 1.54) is 16.9 Å². The predicted molar refractivity (Wildman–Crippen MR) is 133 cm³/mol. The summed E-state index contributed by atoms with van der Waals surface area (Å²) in [6.07, 6.45) is 1.80. The van der Waals surface area contributed by atoms with Crippen LogP contribution in [0.15, 0.2) is 58.4 Å². The number of ether oxygens (including phenoxy) is 2. The van der Waals surface area contributed by atoms with Crippen LogP contribution in [0, 0.1) is 0 Å². The number of anilines is 1. The van der Waals surface area contributed by atoms with Gasteiger partial charge in [0.2, 0.25) is 5.91 Å². The van der Waals surface area contributed by atoms with Crippen LogP contribution in [0.2, 0.25) is 0 Å². The third-order valence-corrected chi connectivity index (χ3v) is 6.33. The Morgan fingerprint density at radius 1 is 1.09 bits per heavy atom. The van der Waals surface area contributed by atoms with E-state index < -0.39 is 5.97 Å². The molecule has 7 heteroatoms. The lowest BCUT2D eigenvalue weighted by atomic mass is 10.0. The van der Waals surface area contributed by atoms with Gasteiger partial charge < -0.3 is 14.8 Å². The van der Waals surface area contributed by atoms with E-state index in [9.17, 15) is 9.59 Å². The number of rotatable bonds is 10. The maximum absolute atomic E-state index is 12.6. The van der Waals surface area contributed by atoms with Crippen molar-refractivity contribution in [2.75, 3.05) is 18.5 Å². The van der Waals surface area contributed by atoms with Gasteiger partial charge in [0, 0.05) is 17.4 Å². The van der Waals surface area contributed by atoms with Crippen molar-refractivity contribution in [2.45, 2.75) is 33.1 Å². The first-order chi connectivity index (χ1) is 15.5. The van der Waals surface area contributed by atoms with Gasteiger partial charge in [-0.15, -0.1) is 11.3 Å². The van der Waals surface area contributed by atoms with Crippen molar-refractivity contribution in [3.8, 4) is 16.9 Å². The standard InChI is InChI=1S/C25H26BrNO4S/c1-3-17-12-13-21(20(26)15-17)31-14-8-11-22(28)27-24-23(25(29)30-4-2)19(16-32-24)18-9-6-5-7-10-18/h5-7,9-10,12-13,15-16H,3-4,8,11,14H2,1-2H3,(H,27,28).